The van der Waals surface area contributed by atoms with Gasteiger partial charge in [-0.3, -0.25) is 5.32 Å². The normalized spacial score (nSPS) is 34.4. The van der Waals surface area contributed by atoms with Crippen LogP contribution in [0.4, 0.5) is 0 Å². The fourth-order valence-corrected chi connectivity index (χ4v) is 1.90. The maximum Gasteiger partial charge on any atom is 0.102 e. The lowest BCUT2D eigenvalue weighted by atomic mass is 10.1. The number of nitrogens with zero attached hydrogens (tertiary/aromatic N) is 1. The van der Waals surface area contributed by atoms with Crippen molar-refractivity contribution in [2.24, 2.45) is 0 Å². The van der Waals surface area contributed by atoms with E-state index in [2.05, 4.69) is 43.3 Å². The first-order valence-corrected chi connectivity index (χ1v) is 4.56. The zero-order valence-corrected chi connectivity index (χ0v) is 7.96. The topological polar surface area (TPSA) is 15.3 Å². The summed E-state index contributed by atoms with van der Waals surface area (Å²) < 4.78 is 0. The predicted octanol–water partition coefficient (Wildman–Crippen LogP) is 1.47. The quantitative estimate of drug-likeness (QED) is 0.583. The zero-order chi connectivity index (χ0) is 8.72. The molecule has 0 spiro atoms. The molecule has 1 fully saturated rings. The van der Waals surface area contributed by atoms with Gasteiger partial charge in [0.15, 0.2) is 0 Å². The zero-order valence-electron chi connectivity index (χ0n) is 7.96. The Labute approximate surface area is 73.9 Å². The summed E-state index contributed by atoms with van der Waals surface area (Å²) in [5.41, 5.74) is 2.86. The summed E-state index contributed by atoms with van der Waals surface area (Å²) in [5.74, 6) is 0. The molecular formula is C10H16N2. The molecule has 1 N–H and O–H groups in total. The lowest BCUT2D eigenvalue weighted by molar-refractivity contribution is 0.306. The second kappa shape index (κ2) is 2.63. The summed E-state index contributed by atoms with van der Waals surface area (Å²) in [5, 5.41) is 3.51. The first-order chi connectivity index (χ1) is 5.70. The van der Waals surface area contributed by atoms with Crippen molar-refractivity contribution >= 4 is 0 Å². The van der Waals surface area contributed by atoms with Crippen molar-refractivity contribution in [2.75, 3.05) is 6.54 Å². The number of nitrogens with one attached hydrogen (secondary N) is 1. The molecule has 0 radical (unpaired) electrons. The third-order valence-electron chi connectivity index (χ3n) is 2.94. The van der Waals surface area contributed by atoms with Crippen LogP contribution in [0.1, 0.15) is 20.8 Å². The Hall–Kier alpha value is -0.760. The van der Waals surface area contributed by atoms with Crippen molar-refractivity contribution < 1.29 is 0 Å². The van der Waals surface area contributed by atoms with Gasteiger partial charge in [0, 0.05) is 18.8 Å². The van der Waals surface area contributed by atoms with Crippen LogP contribution in [0.2, 0.25) is 0 Å². The van der Waals surface area contributed by atoms with Gasteiger partial charge in [-0.25, -0.2) is 0 Å². The van der Waals surface area contributed by atoms with Gasteiger partial charge in [0.2, 0.25) is 0 Å². The molecule has 66 valence electrons. The van der Waals surface area contributed by atoms with Crippen LogP contribution in [0.5, 0.6) is 0 Å². The molecule has 2 heterocycles. The van der Waals surface area contributed by atoms with Crippen LogP contribution in [-0.2, 0) is 0 Å². The Kier molecular flexibility index (Phi) is 1.72. The molecule has 0 amide bonds. The predicted molar refractivity (Wildman–Crippen MR) is 50.6 cm³/mol. The molecule has 2 aliphatic rings. The minimum absolute atomic E-state index is 0.463. The van der Waals surface area contributed by atoms with E-state index in [4.69, 9.17) is 0 Å². The molecule has 2 rings (SSSR count). The van der Waals surface area contributed by atoms with E-state index in [1.807, 2.05) is 0 Å². The average molecular weight is 164 g/mol. The van der Waals surface area contributed by atoms with Gasteiger partial charge >= 0.3 is 0 Å². The van der Waals surface area contributed by atoms with Gasteiger partial charge in [-0.1, -0.05) is 0 Å². The standard InChI is InChI=1S/C10H16N2/c1-7-4-5-12-8(2)6-11-10(12)9(7)3/h4-5,8,10-11H,6H2,1-3H3. The van der Waals surface area contributed by atoms with Crippen LogP contribution in [0.25, 0.3) is 0 Å². The fourth-order valence-electron chi connectivity index (χ4n) is 1.90. The third kappa shape index (κ3) is 0.985. The van der Waals surface area contributed by atoms with Crippen LogP contribution in [0.3, 0.4) is 0 Å². The molecular weight excluding hydrogens is 148 g/mol. The molecule has 2 atom stereocenters. The van der Waals surface area contributed by atoms with Gasteiger partial charge in [-0.15, -0.1) is 0 Å². The van der Waals surface area contributed by atoms with Crippen molar-refractivity contribution in [3.63, 3.8) is 0 Å². The van der Waals surface area contributed by atoms with Crippen LogP contribution in [-0.4, -0.2) is 23.7 Å². The molecule has 2 aliphatic heterocycles. The molecule has 2 nitrogen and oxygen atoms in total. The molecule has 12 heavy (non-hydrogen) atoms. The van der Waals surface area contributed by atoms with Crippen LogP contribution in [0.15, 0.2) is 23.4 Å². The van der Waals surface area contributed by atoms with Crippen molar-refractivity contribution in [3.05, 3.63) is 23.4 Å². The number of hydrogen-bond acceptors (Lipinski definition) is 2. The molecule has 0 aliphatic carbocycles. The van der Waals surface area contributed by atoms with E-state index < -0.39 is 0 Å². The second-order valence-electron chi connectivity index (χ2n) is 3.79. The van der Waals surface area contributed by atoms with E-state index in [-0.39, 0.29) is 0 Å². The number of hydrogen-bond donors (Lipinski definition) is 1. The van der Waals surface area contributed by atoms with Crippen LogP contribution in [0, 0.1) is 0 Å². The molecule has 0 aromatic rings. The second-order valence-corrected chi connectivity index (χ2v) is 3.79. The number of rotatable bonds is 0. The Bertz CT molecular complexity index is 253. The smallest absolute Gasteiger partial charge is 0.102 e. The third-order valence-corrected chi connectivity index (χ3v) is 2.94. The lowest BCUT2D eigenvalue weighted by Gasteiger charge is -2.30. The SMILES string of the molecule is CC1=C(C)C2NCC(C)N2C=C1. The van der Waals surface area contributed by atoms with Gasteiger partial charge in [0.05, 0.1) is 0 Å². The van der Waals surface area contributed by atoms with Gasteiger partial charge in [-0.05, 0) is 38.0 Å². The summed E-state index contributed by atoms with van der Waals surface area (Å²) >= 11 is 0. The summed E-state index contributed by atoms with van der Waals surface area (Å²) in [4.78, 5) is 2.39. The van der Waals surface area contributed by atoms with Gasteiger partial charge in [-0.2, -0.15) is 0 Å². The number of fused-ring (bicyclic) bond motifs is 1. The lowest BCUT2D eigenvalue weighted by Crippen LogP contribution is -2.37. The van der Waals surface area contributed by atoms with Gasteiger partial charge in [0.1, 0.15) is 6.17 Å². The van der Waals surface area contributed by atoms with Crippen LogP contribution >= 0.6 is 0 Å². The molecule has 0 saturated carbocycles. The maximum atomic E-state index is 3.51. The van der Waals surface area contributed by atoms with Gasteiger partial charge in [0.25, 0.3) is 0 Å². The van der Waals surface area contributed by atoms with E-state index in [0.717, 1.165) is 6.54 Å². The fraction of sp³-hybridized carbons (Fsp3) is 0.600. The van der Waals surface area contributed by atoms with E-state index in [0.29, 0.717) is 12.2 Å². The highest BCUT2D eigenvalue weighted by molar-refractivity contribution is 5.31. The average Bonchev–Trinajstić information content (AvgIpc) is 2.41. The van der Waals surface area contributed by atoms with E-state index in [9.17, 15) is 0 Å². The molecule has 0 aromatic heterocycles. The van der Waals surface area contributed by atoms with Gasteiger partial charge < -0.3 is 4.90 Å². The highest BCUT2D eigenvalue weighted by Gasteiger charge is 2.30. The highest BCUT2D eigenvalue weighted by Crippen LogP contribution is 2.24. The minimum Gasteiger partial charge on any atom is -0.354 e. The molecule has 2 heteroatoms. The van der Waals surface area contributed by atoms with E-state index >= 15 is 0 Å². The van der Waals surface area contributed by atoms with E-state index in [1.165, 1.54) is 11.1 Å². The summed E-state index contributed by atoms with van der Waals surface area (Å²) in [6.07, 6.45) is 4.87. The van der Waals surface area contributed by atoms with Crippen molar-refractivity contribution in [1.82, 2.24) is 10.2 Å². The maximum absolute atomic E-state index is 3.51. The molecule has 0 bridgehead atoms. The minimum atomic E-state index is 0.463. The van der Waals surface area contributed by atoms with Crippen molar-refractivity contribution in [3.8, 4) is 0 Å². The Morgan fingerprint density at radius 3 is 3.00 bits per heavy atom. The summed E-state index contributed by atoms with van der Waals surface area (Å²) in [6.45, 7) is 7.74. The summed E-state index contributed by atoms with van der Waals surface area (Å²) in [6, 6.07) is 0.634. The first kappa shape index (κ1) is 7.87. The van der Waals surface area contributed by atoms with Crippen LogP contribution < -0.4 is 5.32 Å². The monoisotopic (exact) mass is 164 g/mol. The first-order valence-electron chi connectivity index (χ1n) is 4.56. The van der Waals surface area contributed by atoms with Crippen molar-refractivity contribution in [2.45, 2.75) is 33.0 Å². The largest absolute Gasteiger partial charge is 0.354 e. The Morgan fingerprint density at radius 1 is 1.50 bits per heavy atom. The molecule has 0 aromatic carbocycles. The Balaban J connectivity index is 2.30. The number of allylic oxidation sites excluding steroid dienone is 2. The Morgan fingerprint density at radius 2 is 2.25 bits per heavy atom. The van der Waals surface area contributed by atoms with E-state index in [1.54, 1.807) is 0 Å². The summed E-state index contributed by atoms with van der Waals surface area (Å²) in [7, 11) is 0. The molecule has 2 unspecified atom stereocenters. The highest BCUT2D eigenvalue weighted by atomic mass is 15.3. The van der Waals surface area contributed by atoms with Crippen molar-refractivity contribution in [1.29, 1.82) is 0 Å². The molecule has 1 saturated heterocycles.